The summed E-state index contributed by atoms with van der Waals surface area (Å²) < 4.78 is 0. The van der Waals surface area contributed by atoms with Crippen LogP contribution in [0.25, 0.3) is 0 Å². The van der Waals surface area contributed by atoms with Gasteiger partial charge in [-0.25, -0.2) is 0 Å². The average Bonchev–Trinajstić information content (AvgIpc) is 3.33. The fourth-order valence-electron chi connectivity index (χ4n) is 3.52. The number of thiophene rings is 1. The molecule has 0 radical (unpaired) electrons. The van der Waals surface area contributed by atoms with Crippen LogP contribution < -0.4 is 10.6 Å². The van der Waals surface area contributed by atoms with Crippen LogP contribution in [0.1, 0.15) is 36.1 Å². The summed E-state index contributed by atoms with van der Waals surface area (Å²) in [6.07, 6.45) is 5.22. The third-order valence-corrected chi connectivity index (χ3v) is 6.06. The maximum atomic E-state index is 12.1. The Bertz CT molecular complexity index is 692. The lowest BCUT2D eigenvalue weighted by atomic mass is 9.84. The standard InChI is InChI=1S/C20H24N2O2S/c23-18(21-13-10-16-7-2-1-3-8-16)19(24)22-15-20(11-4-5-12-20)17-9-6-14-25-17/h1-3,6-9,14H,4-5,10-13,15H2,(H,21,23)(H,22,24). The van der Waals surface area contributed by atoms with Crippen molar-refractivity contribution in [1.29, 1.82) is 0 Å². The average molecular weight is 356 g/mol. The molecule has 1 heterocycles. The Morgan fingerprint density at radius 1 is 0.960 bits per heavy atom. The first-order valence-corrected chi connectivity index (χ1v) is 9.72. The molecule has 0 unspecified atom stereocenters. The SMILES string of the molecule is O=C(NCCc1ccccc1)C(=O)NCC1(c2cccs2)CCCC1. The van der Waals surface area contributed by atoms with E-state index in [0.717, 1.165) is 24.8 Å². The van der Waals surface area contributed by atoms with Crippen molar-refractivity contribution in [2.75, 3.05) is 13.1 Å². The van der Waals surface area contributed by atoms with Crippen molar-refractivity contribution < 1.29 is 9.59 Å². The Labute approximate surface area is 152 Å². The minimum Gasteiger partial charge on any atom is -0.348 e. The van der Waals surface area contributed by atoms with Crippen LogP contribution in [0.5, 0.6) is 0 Å². The van der Waals surface area contributed by atoms with E-state index >= 15 is 0 Å². The summed E-state index contributed by atoms with van der Waals surface area (Å²) in [5.74, 6) is -1.08. The molecular weight excluding hydrogens is 332 g/mol. The van der Waals surface area contributed by atoms with Gasteiger partial charge in [0.1, 0.15) is 0 Å². The van der Waals surface area contributed by atoms with Gasteiger partial charge in [0.05, 0.1) is 0 Å². The van der Waals surface area contributed by atoms with Crippen molar-refractivity contribution >= 4 is 23.2 Å². The Kier molecular flexibility index (Phi) is 5.87. The Morgan fingerprint density at radius 2 is 1.68 bits per heavy atom. The number of nitrogens with one attached hydrogen (secondary N) is 2. The smallest absolute Gasteiger partial charge is 0.309 e. The zero-order valence-corrected chi connectivity index (χ0v) is 15.1. The lowest BCUT2D eigenvalue weighted by molar-refractivity contribution is -0.139. The number of carbonyl (C=O) groups excluding carboxylic acids is 2. The molecule has 0 atom stereocenters. The summed E-state index contributed by atoms with van der Waals surface area (Å²) in [6, 6.07) is 14.1. The number of hydrogen-bond donors (Lipinski definition) is 2. The van der Waals surface area contributed by atoms with E-state index in [1.807, 2.05) is 30.3 Å². The van der Waals surface area contributed by atoms with E-state index in [4.69, 9.17) is 0 Å². The van der Waals surface area contributed by atoms with Crippen molar-refractivity contribution in [3.63, 3.8) is 0 Å². The molecule has 4 nitrogen and oxygen atoms in total. The molecule has 1 saturated carbocycles. The molecule has 5 heteroatoms. The summed E-state index contributed by atoms with van der Waals surface area (Å²) in [7, 11) is 0. The van der Waals surface area contributed by atoms with E-state index in [1.165, 1.54) is 17.7 Å². The lowest BCUT2D eigenvalue weighted by Crippen LogP contribution is -2.45. The Balaban J connectivity index is 1.47. The number of rotatable bonds is 6. The van der Waals surface area contributed by atoms with Crippen LogP contribution in [-0.2, 0) is 21.4 Å². The Morgan fingerprint density at radius 3 is 2.36 bits per heavy atom. The van der Waals surface area contributed by atoms with Gasteiger partial charge >= 0.3 is 11.8 Å². The lowest BCUT2D eigenvalue weighted by Gasteiger charge is -2.28. The number of amides is 2. The van der Waals surface area contributed by atoms with Gasteiger partial charge in [-0.05, 0) is 36.3 Å². The van der Waals surface area contributed by atoms with Crippen LogP contribution in [0.15, 0.2) is 47.8 Å². The zero-order valence-electron chi connectivity index (χ0n) is 14.3. The molecule has 1 aliphatic rings. The van der Waals surface area contributed by atoms with Crippen LogP contribution >= 0.6 is 11.3 Å². The van der Waals surface area contributed by atoms with Crippen molar-refractivity contribution in [3.8, 4) is 0 Å². The highest BCUT2D eigenvalue weighted by molar-refractivity contribution is 7.10. The van der Waals surface area contributed by atoms with Crippen molar-refractivity contribution in [3.05, 3.63) is 58.3 Å². The predicted molar refractivity (Wildman–Crippen MR) is 101 cm³/mol. The van der Waals surface area contributed by atoms with Crippen LogP contribution in [0.3, 0.4) is 0 Å². The van der Waals surface area contributed by atoms with E-state index in [-0.39, 0.29) is 5.41 Å². The summed E-state index contributed by atoms with van der Waals surface area (Å²) in [6.45, 7) is 1.00. The van der Waals surface area contributed by atoms with Gasteiger partial charge in [0, 0.05) is 23.4 Å². The van der Waals surface area contributed by atoms with Gasteiger partial charge in [-0.1, -0.05) is 49.2 Å². The molecule has 0 aliphatic heterocycles. The molecule has 2 aromatic rings. The molecule has 1 aromatic carbocycles. The van der Waals surface area contributed by atoms with E-state index < -0.39 is 11.8 Å². The molecule has 2 N–H and O–H groups in total. The van der Waals surface area contributed by atoms with Crippen LogP contribution in [0.4, 0.5) is 0 Å². The summed E-state index contributed by atoms with van der Waals surface area (Å²) >= 11 is 1.74. The van der Waals surface area contributed by atoms with Crippen LogP contribution in [0, 0.1) is 0 Å². The van der Waals surface area contributed by atoms with Crippen molar-refractivity contribution in [1.82, 2.24) is 10.6 Å². The first-order valence-electron chi connectivity index (χ1n) is 8.84. The highest BCUT2D eigenvalue weighted by Crippen LogP contribution is 2.42. The van der Waals surface area contributed by atoms with Crippen molar-refractivity contribution in [2.45, 2.75) is 37.5 Å². The van der Waals surface area contributed by atoms with Gasteiger partial charge in [-0.2, -0.15) is 0 Å². The van der Waals surface area contributed by atoms with E-state index in [2.05, 4.69) is 28.1 Å². The topological polar surface area (TPSA) is 58.2 Å². The molecule has 2 amide bonds. The second-order valence-corrected chi connectivity index (χ2v) is 7.59. The van der Waals surface area contributed by atoms with Crippen LogP contribution in [-0.4, -0.2) is 24.9 Å². The minimum absolute atomic E-state index is 0.00808. The highest BCUT2D eigenvalue weighted by atomic mass is 32.1. The van der Waals surface area contributed by atoms with Crippen molar-refractivity contribution in [2.24, 2.45) is 0 Å². The van der Waals surface area contributed by atoms with Gasteiger partial charge in [0.15, 0.2) is 0 Å². The molecule has 0 spiro atoms. The summed E-state index contributed by atoms with van der Waals surface area (Å²) in [5.41, 5.74) is 1.15. The molecule has 132 valence electrons. The molecule has 25 heavy (non-hydrogen) atoms. The first kappa shape index (κ1) is 17.7. The normalized spacial score (nSPS) is 15.7. The predicted octanol–water partition coefficient (Wildman–Crippen LogP) is 3.04. The molecule has 1 aliphatic carbocycles. The van der Waals surface area contributed by atoms with Gasteiger partial charge in [0.25, 0.3) is 0 Å². The van der Waals surface area contributed by atoms with Gasteiger partial charge in [-0.15, -0.1) is 11.3 Å². The molecule has 1 aromatic heterocycles. The summed E-state index contributed by atoms with van der Waals surface area (Å²) in [4.78, 5) is 25.5. The van der Waals surface area contributed by atoms with E-state index in [1.54, 1.807) is 11.3 Å². The first-order chi connectivity index (χ1) is 12.2. The second-order valence-electron chi connectivity index (χ2n) is 6.64. The largest absolute Gasteiger partial charge is 0.348 e. The molecule has 0 bridgehead atoms. The van der Waals surface area contributed by atoms with E-state index in [9.17, 15) is 9.59 Å². The highest BCUT2D eigenvalue weighted by Gasteiger charge is 2.37. The van der Waals surface area contributed by atoms with Gasteiger partial charge < -0.3 is 10.6 Å². The Hall–Kier alpha value is -2.14. The molecule has 0 saturated heterocycles. The van der Waals surface area contributed by atoms with Gasteiger partial charge in [-0.3, -0.25) is 9.59 Å². The number of carbonyl (C=O) groups is 2. The third kappa shape index (κ3) is 4.48. The monoisotopic (exact) mass is 356 g/mol. The third-order valence-electron chi connectivity index (χ3n) is 4.94. The molecule has 3 rings (SSSR count). The van der Waals surface area contributed by atoms with Gasteiger partial charge in [0.2, 0.25) is 0 Å². The number of benzene rings is 1. The quantitative estimate of drug-likeness (QED) is 0.782. The maximum Gasteiger partial charge on any atom is 0.309 e. The molecule has 1 fully saturated rings. The number of hydrogen-bond acceptors (Lipinski definition) is 3. The molecular formula is C20H24N2O2S. The van der Waals surface area contributed by atoms with Crippen LogP contribution in [0.2, 0.25) is 0 Å². The zero-order chi connectivity index (χ0) is 17.5. The summed E-state index contributed by atoms with van der Waals surface area (Å²) in [5, 5.41) is 7.64. The second kappa shape index (κ2) is 8.30. The minimum atomic E-state index is -0.546. The fourth-order valence-corrected chi connectivity index (χ4v) is 4.50. The maximum absolute atomic E-state index is 12.1. The van der Waals surface area contributed by atoms with E-state index in [0.29, 0.717) is 13.1 Å². The fraction of sp³-hybridized carbons (Fsp3) is 0.400.